The second-order valence-electron chi connectivity index (χ2n) is 10.9. The van der Waals surface area contributed by atoms with E-state index in [9.17, 15) is 8.78 Å². The molecule has 1 atom stereocenters. The summed E-state index contributed by atoms with van der Waals surface area (Å²) in [6, 6.07) is 21.5. The predicted molar refractivity (Wildman–Crippen MR) is 152 cm³/mol. The van der Waals surface area contributed by atoms with Crippen LogP contribution < -0.4 is 5.32 Å². The second-order valence-corrected chi connectivity index (χ2v) is 10.9. The molecule has 0 amide bonds. The summed E-state index contributed by atoms with van der Waals surface area (Å²) in [6.45, 7) is 1.08. The molecule has 4 nitrogen and oxygen atoms in total. The molecular formula is C33H34F2N4. The molecule has 0 bridgehead atoms. The first-order valence-electron chi connectivity index (χ1n) is 14.0. The van der Waals surface area contributed by atoms with Gasteiger partial charge in [-0.15, -0.1) is 0 Å². The molecule has 3 aromatic carbocycles. The molecule has 1 fully saturated rings. The van der Waals surface area contributed by atoms with E-state index in [2.05, 4.69) is 46.5 Å². The zero-order valence-electron chi connectivity index (χ0n) is 22.3. The monoisotopic (exact) mass is 524 g/mol. The highest BCUT2D eigenvalue weighted by molar-refractivity contribution is 5.73. The Morgan fingerprint density at radius 1 is 0.923 bits per heavy atom. The Morgan fingerprint density at radius 3 is 2.51 bits per heavy atom. The molecule has 1 aromatic heterocycles. The van der Waals surface area contributed by atoms with E-state index in [4.69, 9.17) is 4.98 Å². The number of nitrogens with zero attached hydrogens (tertiary/aromatic N) is 3. The quantitative estimate of drug-likeness (QED) is 0.269. The zero-order chi connectivity index (χ0) is 26.8. The average molecular weight is 525 g/mol. The number of benzene rings is 3. The maximum absolute atomic E-state index is 14.0. The molecule has 1 N–H and O–H groups in total. The number of anilines is 2. The minimum atomic E-state index is -0.831. The van der Waals surface area contributed by atoms with Gasteiger partial charge in [-0.1, -0.05) is 61.7 Å². The second kappa shape index (κ2) is 11.2. The summed E-state index contributed by atoms with van der Waals surface area (Å²) >= 11 is 0. The van der Waals surface area contributed by atoms with Crippen molar-refractivity contribution in [3.05, 3.63) is 107 Å². The molecule has 2 aliphatic carbocycles. The fourth-order valence-electron chi connectivity index (χ4n) is 6.12. The summed E-state index contributed by atoms with van der Waals surface area (Å²) in [5.74, 6) is -1.20. The number of likely N-dealkylation sites (N-methyl/N-ethyl adjacent to an activating group) is 1. The van der Waals surface area contributed by atoms with E-state index >= 15 is 0 Å². The molecule has 0 saturated heterocycles. The van der Waals surface area contributed by atoms with Gasteiger partial charge >= 0.3 is 0 Å². The number of hydrogen-bond donors (Lipinski definition) is 1. The lowest BCUT2D eigenvalue weighted by atomic mass is 9.78. The van der Waals surface area contributed by atoms with E-state index in [1.165, 1.54) is 49.8 Å². The number of hydrogen-bond acceptors (Lipinski definition) is 4. The van der Waals surface area contributed by atoms with Crippen molar-refractivity contribution in [3.63, 3.8) is 0 Å². The number of aromatic nitrogens is 2. The molecule has 4 aromatic rings. The molecule has 0 spiro atoms. The molecule has 1 heterocycles. The van der Waals surface area contributed by atoms with Crippen molar-refractivity contribution < 1.29 is 8.78 Å². The third-order valence-electron chi connectivity index (χ3n) is 8.39. The van der Waals surface area contributed by atoms with Gasteiger partial charge in [0.25, 0.3) is 0 Å². The summed E-state index contributed by atoms with van der Waals surface area (Å²) in [6.07, 6.45) is 10.3. The van der Waals surface area contributed by atoms with Gasteiger partial charge in [0.05, 0.1) is 5.69 Å². The van der Waals surface area contributed by atoms with Gasteiger partial charge in [-0.3, -0.25) is 0 Å². The third-order valence-corrected chi connectivity index (χ3v) is 8.39. The van der Waals surface area contributed by atoms with Crippen molar-refractivity contribution in [1.82, 2.24) is 14.9 Å². The molecular weight excluding hydrogens is 490 g/mol. The summed E-state index contributed by atoms with van der Waals surface area (Å²) in [4.78, 5) is 12.0. The topological polar surface area (TPSA) is 41.0 Å². The van der Waals surface area contributed by atoms with Gasteiger partial charge in [0.2, 0.25) is 5.95 Å². The highest BCUT2D eigenvalue weighted by atomic mass is 19.2. The molecule has 0 aliphatic heterocycles. The van der Waals surface area contributed by atoms with Crippen LogP contribution in [0.4, 0.5) is 20.4 Å². The van der Waals surface area contributed by atoms with E-state index in [1.54, 1.807) is 6.07 Å². The molecule has 200 valence electrons. The van der Waals surface area contributed by atoms with Gasteiger partial charge in [-0.2, -0.15) is 0 Å². The maximum Gasteiger partial charge on any atom is 0.227 e. The number of nitrogens with one attached hydrogen (secondary N) is 1. The van der Waals surface area contributed by atoms with Crippen LogP contribution in [0.3, 0.4) is 0 Å². The van der Waals surface area contributed by atoms with Crippen LogP contribution in [-0.4, -0.2) is 34.5 Å². The molecule has 0 unspecified atom stereocenters. The molecule has 0 radical (unpaired) electrons. The molecule has 6 heteroatoms. The summed E-state index contributed by atoms with van der Waals surface area (Å²) in [7, 11) is 2.26. The Hall–Kier alpha value is -3.64. The zero-order valence-corrected chi connectivity index (χ0v) is 22.3. The standard InChI is InChI=1S/C33H34F2N4/c1-39(26-7-3-2-4-8-26)18-17-22-11-14-25(15-12-22)37-33-36-21-24-19-29(23-13-16-30(34)31(35)20-23)27-9-5-6-10-28(27)32(24)38-33/h5-6,9-16,20-21,26,29H,2-4,7-8,17-19H2,1H3,(H,36,37,38)/t29-/m0/s1. The maximum atomic E-state index is 14.0. The Balaban J connectivity index is 1.16. The van der Waals surface area contributed by atoms with Crippen LogP contribution in [0.2, 0.25) is 0 Å². The van der Waals surface area contributed by atoms with Gasteiger partial charge in [0, 0.05) is 36.0 Å². The minimum Gasteiger partial charge on any atom is -0.324 e. The van der Waals surface area contributed by atoms with E-state index in [-0.39, 0.29) is 5.92 Å². The third kappa shape index (κ3) is 5.57. The average Bonchev–Trinajstić information content (AvgIpc) is 2.98. The van der Waals surface area contributed by atoms with E-state index in [0.717, 1.165) is 52.6 Å². The van der Waals surface area contributed by atoms with Gasteiger partial charge in [0.1, 0.15) is 0 Å². The minimum absolute atomic E-state index is 0.0871. The van der Waals surface area contributed by atoms with E-state index < -0.39 is 11.6 Å². The molecule has 39 heavy (non-hydrogen) atoms. The first kappa shape index (κ1) is 25.6. The van der Waals surface area contributed by atoms with Crippen LogP contribution in [0.15, 0.2) is 72.9 Å². The van der Waals surface area contributed by atoms with Crippen LogP contribution in [0.5, 0.6) is 0 Å². The van der Waals surface area contributed by atoms with Gasteiger partial charge < -0.3 is 10.2 Å². The van der Waals surface area contributed by atoms with Crippen molar-refractivity contribution in [2.75, 3.05) is 18.9 Å². The molecule has 6 rings (SSSR count). The van der Waals surface area contributed by atoms with Gasteiger partial charge in [0.15, 0.2) is 11.6 Å². The van der Waals surface area contributed by atoms with E-state index in [1.807, 2.05) is 30.5 Å². The number of rotatable bonds is 7. The smallest absolute Gasteiger partial charge is 0.227 e. The fraction of sp³-hybridized carbons (Fsp3) is 0.333. The predicted octanol–water partition coefficient (Wildman–Crippen LogP) is 7.66. The normalized spacial score (nSPS) is 17.1. The Morgan fingerprint density at radius 2 is 1.72 bits per heavy atom. The summed E-state index contributed by atoms with van der Waals surface area (Å²) in [5, 5.41) is 3.36. The fourth-order valence-corrected chi connectivity index (χ4v) is 6.12. The van der Waals surface area contributed by atoms with Crippen LogP contribution in [-0.2, 0) is 12.8 Å². The Labute approximate surface area is 229 Å². The van der Waals surface area contributed by atoms with Crippen molar-refractivity contribution in [1.29, 1.82) is 0 Å². The lowest BCUT2D eigenvalue weighted by molar-refractivity contribution is 0.194. The SMILES string of the molecule is CN(CCc1ccc(Nc2ncc3c(n2)-c2ccccc2[C@H](c2ccc(F)c(F)c2)C3)cc1)C1CCCCC1. The van der Waals surface area contributed by atoms with Gasteiger partial charge in [-0.05, 0) is 79.3 Å². The number of fused-ring (bicyclic) bond motifs is 3. The molecule has 1 saturated carbocycles. The highest BCUT2D eigenvalue weighted by Crippen LogP contribution is 2.42. The van der Waals surface area contributed by atoms with Crippen LogP contribution in [0, 0.1) is 11.6 Å². The van der Waals surface area contributed by atoms with Crippen molar-refractivity contribution >= 4 is 11.6 Å². The Bertz CT molecular complexity index is 1450. The van der Waals surface area contributed by atoms with Crippen LogP contribution >= 0.6 is 0 Å². The molecule has 2 aliphatic rings. The number of halogens is 2. The lowest BCUT2D eigenvalue weighted by Gasteiger charge is -2.31. The van der Waals surface area contributed by atoms with Crippen molar-refractivity contribution in [3.8, 4) is 11.3 Å². The van der Waals surface area contributed by atoms with Crippen molar-refractivity contribution in [2.45, 2.75) is 56.9 Å². The Kier molecular flexibility index (Phi) is 7.38. The van der Waals surface area contributed by atoms with Crippen molar-refractivity contribution in [2.24, 2.45) is 0 Å². The first-order valence-corrected chi connectivity index (χ1v) is 14.0. The van der Waals surface area contributed by atoms with E-state index in [0.29, 0.717) is 12.4 Å². The summed E-state index contributed by atoms with van der Waals surface area (Å²) < 4.78 is 27.6. The largest absolute Gasteiger partial charge is 0.324 e. The summed E-state index contributed by atoms with van der Waals surface area (Å²) in [5.41, 5.74) is 6.95. The van der Waals surface area contributed by atoms with Gasteiger partial charge in [-0.25, -0.2) is 18.7 Å². The highest BCUT2D eigenvalue weighted by Gasteiger charge is 2.28. The lowest BCUT2D eigenvalue weighted by Crippen LogP contribution is -2.34. The first-order chi connectivity index (χ1) is 19.0. The van der Waals surface area contributed by atoms with Crippen LogP contribution in [0.1, 0.15) is 60.3 Å². The van der Waals surface area contributed by atoms with Crippen LogP contribution in [0.25, 0.3) is 11.3 Å².